The summed E-state index contributed by atoms with van der Waals surface area (Å²) in [5.41, 5.74) is 0.0812. The molecule has 1 amide bonds. The largest absolute Gasteiger partial charge is 0.464 e. The maximum Gasteiger partial charge on any atom is 0.356 e. The lowest BCUT2D eigenvalue weighted by Crippen LogP contribution is -2.28. The highest BCUT2D eigenvalue weighted by molar-refractivity contribution is 7.89. The number of sulfonamides is 1. The van der Waals surface area contributed by atoms with Gasteiger partial charge >= 0.3 is 5.97 Å². The second-order valence-electron chi connectivity index (χ2n) is 4.78. The van der Waals surface area contributed by atoms with Crippen LogP contribution in [0.1, 0.15) is 16.9 Å². The van der Waals surface area contributed by atoms with Crippen molar-refractivity contribution < 1.29 is 22.7 Å². The first kappa shape index (κ1) is 15.4. The van der Waals surface area contributed by atoms with E-state index in [-0.39, 0.29) is 36.2 Å². The molecule has 1 aliphatic rings. The van der Waals surface area contributed by atoms with Crippen LogP contribution in [0.15, 0.2) is 18.2 Å². The summed E-state index contributed by atoms with van der Waals surface area (Å²) >= 11 is 0. The predicted octanol–water partition coefficient (Wildman–Crippen LogP) is -0.490. The quantitative estimate of drug-likeness (QED) is 0.749. The monoisotopic (exact) mass is 313 g/mol. The Hall–Kier alpha value is -2.00. The molecule has 0 radical (unpaired) electrons. The van der Waals surface area contributed by atoms with E-state index >= 15 is 0 Å². The van der Waals surface area contributed by atoms with Crippen LogP contribution in [0, 0.1) is 5.92 Å². The number of pyridine rings is 1. The van der Waals surface area contributed by atoms with Gasteiger partial charge in [-0.05, 0) is 12.1 Å². The zero-order valence-electron chi connectivity index (χ0n) is 11.4. The van der Waals surface area contributed by atoms with Gasteiger partial charge in [0.15, 0.2) is 5.69 Å². The highest BCUT2D eigenvalue weighted by Crippen LogP contribution is 2.24. The number of primary sulfonamides is 1. The molecule has 8 nitrogen and oxygen atoms in total. The van der Waals surface area contributed by atoms with Crippen LogP contribution in [0.3, 0.4) is 0 Å². The Balaban J connectivity index is 2.19. The van der Waals surface area contributed by atoms with Gasteiger partial charge in [0.05, 0.1) is 12.9 Å². The van der Waals surface area contributed by atoms with Crippen molar-refractivity contribution in [1.82, 2.24) is 4.98 Å². The van der Waals surface area contributed by atoms with Crippen LogP contribution in [-0.2, 0) is 19.6 Å². The molecular formula is C12H15N3O5S. The van der Waals surface area contributed by atoms with Crippen LogP contribution in [-0.4, -0.2) is 44.7 Å². The molecule has 0 aromatic carbocycles. The molecule has 1 unspecified atom stereocenters. The molecule has 0 bridgehead atoms. The second kappa shape index (κ2) is 5.78. The van der Waals surface area contributed by atoms with E-state index < -0.39 is 16.0 Å². The fraction of sp³-hybridized carbons (Fsp3) is 0.417. The molecule has 2 rings (SSSR count). The summed E-state index contributed by atoms with van der Waals surface area (Å²) in [5.74, 6) is -1.20. The SMILES string of the molecule is COC(=O)c1cccc(N2CC(CS(N)(=O)=O)CC2=O)n1. The minimum atomic E-state index is -3.64. The Kier molecular flexibility index (Phi) is 4.24. The van der Waals surface area contributed by atoms with Gasteiger partial charge in [0.1, 0.15) is 5.82 Å². The fourth-order valence-electron chi connectivity index (χ4n) is 2.24. The van der Waals surface area contributed by atoms with Crippen molar-refractivity contribution in [1.29, 1.82) is 0 Å². The van der Waals surface area contributed by atoms with Gasteiger partial charge in [-0.3, -0.25) is 9.69 Å². The number of carbonyl (C=O) groups is 2. The van der Waals surface area contributed by atoms with E-state index in [1.54, 1.807) is 12.1 Å². The van der Waals surface area contributed by atoms with Gasteiger partial charge in [-0.2, -0.15) is 0 Å². The van der Waals surface area contributed by atoms with Gasteiger partial charge in [0.2, 0.25) is 15.9 Å². The summed E-state index contributed by atoms with van der Waals surface area (Å²) in [6.45, 7) is 0.201. The van der Waals surface area contributed by atoms with Crippen LogP contribution in [0.4, 0.5) is 5.82 Å². The lowest BCUT2D eigenvalue weighted by Gasteiger charge is -2.15. The van der Waals surface area contributed by atoms with E-state index in [0.29, 0.717) is 5.82 Å². The Morgan fingerprint density at radius 3 is 2.86 bits per heavy atom. The average Bonchev–Trinajstić information content (AvgIpc) is 2.76. The molecule has 1 aliphatic heterocycles. The summed E-state index contributed by atoms with van der Waals surface area (Å²) in [6.07, 6.45) is 0.0839. The fourth-order valence-corrected chi connectivity index (χ4v) is 3.12. The van der Waals surface area contributed by atoms with E-state index in [9.17, 15) is 18.0 Å². The van der Waals surface area contributed by atoms with Gasteiger partial charge < -0.3 is 4.74 Å². The lowest BCUT2D eigenvalue weighted by molar-refractivity contribution is -0.117. The number of nitrogens with two attached hydrogens (primary N) is 1. The van der Waals surface area contributed by atoms with Crippen LogP contribution in [0.25, 0.3) is 0 Å². The summed E-state index contributed by atoms with van der Waals surface area (Å²) < 4.78 is 26.7. The Morgan fingerprint density at radius 1 is 1.52 bits per heavy atom. The maximum absolute atomic E-state index is 12.0. The lowest BCUT2D eigenvalue weighted by atomic mass is 10.1. The highest BCUT2D eigenvalue weighted by Gasteiger charge is 2.33. The third kappa shape index (κ3) is 3.76. The van der Waals surface area contributed by atoms with Crippen LogP contribution in [0.2, 0.25) is 0 Å². The van der Waals surface area contributed by atoms with E-state index in [1.807, 2.05) is 0 Å². The molecule has 1 aromatic heterocycles. The van der Waals surface area contributed by atoms with Gasteiger partial charge in [0.25, 0.3) is 0 Å². The van der Waals surface area contributed by atoms with Crippen molar-refractivity contribution in [2.45, 2.75) is 6.42 Å². The van der Waals surface area contributed by atoms with Gasteiger partial charge in [0, 0.05) is 18.9 Å². The van der Waals surface area contributed by atoms with Crippen LogP contribution < -0.4 is 10.0 Å². The minimum Gasteiger partial charge on any atom is -0.464 e. The number of nitrogens with zero attached hydrogens (tertiary/aromatic N) is 2. The van der Waals surface area contributed by atoms with Gasteiger partial charge in [-0.1, -0.05) is 6.07 Å². The normalized spacial score (nSPS) is 18.9. The first-order valence-electron chi connectivity index (χ1n) is 6.16. The van der Waals surface area contributed by atoms with Gasteiger partial charge in [-0.15, -0.1) is 0 Å². The average molecular weight is 313 g/mol. The van der Waals surface area contributed by atoms with Crippen molar-refractivity contribution >= 4 is 27.7 Å². The number of aromatic nitrogens is 1. The molecule has 114 valence electrons. The molecule has 2 heterocycles. The Labute approximate surface area is 121 Å². The molecule has 1 saturated heterocycles. The molecule has 0 spiro atoms. The summed E-state index contributed by atoms with van der Waals surface area (Å²) in [7, 11) is -2.40. The number of rotatable bonds is 4. The first-order valence-corrected chi connectivity index (χ1v) is 7.88. The van der Waals surface area contributed by atoms with Crippen molar-refractivity contribution in [3.8, 4) is 0 Å². The molecule has 0 aliphatic carbocycles. The predicted molar refractivity (Wildman–Crippen MR) is 74.0 cm³/mol. The van der Waals surface area contributed by atoms with Crippen molar-refractivity contribution in [2.75, 3.05) is 24.3 Å². The van der Waals surface area contributed by atoms with Crippen molar-refractivity contribution in [2.24, 2.45) is 11.1 Å². The summed E-state index contributed by atoms with van der Waals surface area (Å²) in [6, 6.07) is 4.62. The van der Waals surface area contributed by atoms with Crippen LogP contribution in [0.5, 0.6) is 0 Å². The van der Waals surface area contributed by atoms with Crippen molar-refractivity contribution in [3.63, 3.8) is 0 Å². The number of ether oxygens (including phenoxy) is 1. The molecule has 0 saturated carbocycles. The highest BCUT2D eigenvalue weighted by atomic mass is 32.2. The maximum atomic E-state index is 12.0. The van der Waals surface area contributed by atoms with Crippen LogP contribution >= 0.6 is 0 Å². The molecule has 9 heteroatoms. The Morgan fingerprint density at radius 2 is 2.24 bits per heavy atom. The number of carbonyl (C=O) groups excluding carboxylic acids is 2. The van der Waals surface area contributed by atoms with Gasteiger partial charge in [-0.25, -0.2) is 23.3 Å². The number of esters is 1. The standard InChI is InChI=1S/C12H15N3O5S/c1-20-12(17)9-3-2-4-10(14-9)15-6-8(5-11(15)16)7-21(13,18)19/h2-4,8H,5-7H2,1H3,(H2,13,18,19). The Bertz CT molecular complexity index is 673. The zero-order chi connectivity index (χ0) is 15.6. The minimum absolute atomic E-state index is 0.0812. The third-order valence-electron chi connectivity index (χ3n) is 3.08. The third-order valence-corrected chi connectivity index (χ3v) is 4.01. The van der Waals surface area contributed by atoms with Crippen molar-refractivity contribution in [3.05, 3.63) is 23.9 Å². The summed E-state index contributed by atoms with van der Waals surface area (Å²) in [5, 5.41) is 4.99. The van der Waals surface area contributed by atoms with E-state index in [0.717, 1.165) is 0 Å². The second-order valence-corrected chi connectivity index (χ2v) is 6.44. The zero-order valence-corrected chi connectivity index (χ0v) is 12.2. The number of hydrogen-bond donors (Lipinski definition) is 1. The molecule has 1 fully saturated rings. The smallest absolute Gasteiger partial charge is 0.356 e. The first-order chi connectivity index (χ1) is 9.80. The van der Waals surface area contributed by atoms with E-state index in [2.05, 4.69) is 9.72 Å². The van der Waals surface area contributed by atoms with E-state index in [4.69, 9.17) is 5.14 Å². The number of hydrogen-bond acceptors (Lipinski definition) is 6. The molecule has 2 N–H and O–H groups in total. The number of methoxy groups -OCH3 is 1. The molecule has 21 heavy (non-hydrogen) atoms. The number of anilines is 1. The molecular weight excluding hydrogens is 298 g/mol. The number of amides is 1. The molecule has 1 atom stereocenters. The van der Waals surface area contributed by atoms with E-state index in [1.165, 1.54) is 18.1 Å². The topological polar surface area (TPSA) is 120 Å². The molecule has 1 aromatic rings. The summed E-state index contributed by atoms with van der Waals surface area (Å²) in [4.78, 5) is 28.8.